The van der Waals surface area contributed by atoms with Crippen molar-refractivity contribution in [3.8, 4) is 0 Å². The Labute approximate surface area is 92.1 Å². The van der Waals surface area contributed by atoms with Crippen LogP contribution in [0.25, 0.3) is 0 Å². The van der Waals surface area contributed by atoms with Crippen LogP contribution in [-0.2, 0) is 0 Å². The number of ketones is 1. The van der Waals surface area contributed by atoms with Gasteiger partial charge in [0.1, 0.15) is 0 Å². The van der Waals surface area contributed by atoms with Crippen LogP contribution in [0.4, 0.5) is 0 Å². The molecule has 1 aromatic rings. The summed E-state index contributed by atoms with van der Waals surface area (Å²) in [6.45, 7) is 12.3. The van der Waals surface area contributed by atoms with Gasteiger partial charge in [0.25, 0.3) is 0 Å². The predicted molar refractivity (Wildman–Crippen MR) is 63.4 cm³/mol. The van der Waals surface area contributed by atoms with E-state index in [1.807, 2.05) is 13.8 Å². The van der Waals surface area contributed by atoms with Crippen LogP contribution in [0, 0.1) is 26.2 Å². The molecule has 0 aliphatic rings. The van der Waals surface area contributed by atoms with Gasteiger partial charge in [-0.25, -0.2) is 0 Å². The monoisotopic (exact) mass is 207 g/mol. The predicted octanol–water partition coefficient (Wildman–Crippen LogP) is 3.56. The Kier molecular flexibility index (Phi) is 3.08. The molecule has 0 aliphatic carbocycles. The highest BCUT2D eigenvalue weighted by molar-refractivity contribution is 5.96. The van der Waals surface area contributed by atoms with Crippen LogP contribution in [-0.4, -0.2) is 10.8 Å². The van der Waals surface area contributed by atoms with E-state index in [1.54, 1.807) is 0 Å². The van der Waals surface area contributed by atoms with Crippen LogP contribution in [0.5, 0.6) is 0 Å². The third-order valence-electron chi connectivity index (χ3n) is 2.78. The number of rotatable bonds is 2. The average Bonchev–Trinajstić information content (AvgIpc) is 2.30. The number of aryl methyl sites for hydroxylation is 1. The van der Waals surface area contributed by atoms with E-state index in [0.29, 0.717) is 6.42 Å². The van der Waals surface area contributed by atoms with Crippen LogP contribution in [0.15, 0.2) is 0 Å². The number of hydrogen-bond donors (Lipinski definition) is 1. The molecule has 1 rings (SSSR count). The fourth-order valence-corrected chi connectivity index (χ4v) is 1.69. The van der Waals surface area contributed by atoms with E-state index in [9.17, 15) is 4.79 Å². The fraction of sp³-hybridized carbons (Fsp3) is 0.615. The van der Waals surface area contributed by atoms with E-state index < -0.39 is 0 Å². The summed E-state index contributed by atoms with van der Waals surface area (Å²) in [4.78, 5) is 15.2. The molecule has 15 heavy (non-hydrogen) atoms. The summed E-state index contributed by atoms with van der Waals surface area (Å²) < 4.78 is 0. The number of aromatic nitrogens is 1. The van der Waals surface area contributed by atoms with Crippen molar-refractivity contribution in [1.82, 2.24) is 4.98 Å². The lowest BCUT2D eigenvalue weighted by Crippen LogP contribution is -2.14. The van der Waals surface area contributed by atoms with Gasteiger partial charge in [-0.2, -0.15) is 0 Å². The molecular formula is C13H21NO. The lowest BCUT2D eigenvalue weighted by molar-refractivity contribution is 0.0934. The highest BCUT2D eigenvalue weighted by Gasteiger charge is 2.21. The summed E-state index contributed by atoms with van der Waals surface area (Å²) in [5, 5.41) is 0. The highest BCUT2D eigenvalue weighted by Crippen LogP contribution is 2.24. The second-order valence-corrected chi connectivity index (χ2v) is 5.54. The van der Waals surface area contributed by atoms with Gasteiger partial charge in [0, 0.05) is 12.1 Å². The second-order valence-electron chi connectivity index (χ2n) is 5.54. The smallest absolute Gasteiger partial charge is 0.179 e. The van der Waals surface area contributed by atoms with Gasteiger partial charge in [0.05, 0.1) is 5.69 Å². The molecule has 2 nitrogen and oxygen atoms in total. The maximum atomic E-state index is 12.0. The van der Waals surface area contributed by atoms with Crippen molar-refractivity contribution in [1.29, 1.82) is 0 Å². The molecule has 1 aromatic heterocycles. The number of nitrogens with one attached hydrogen (secondary N) is 1. The van der Waals surface area contributed by atoms with Crippen LogP contribution in [0.1, 0.15) is 54.5 Å². The Hall–Kier alpha value is -1.05. The third-order valence-corrected chi connectivity index (χ3v) is 2.78. The Morgan fingerprint density at radius 3 is 2.00 bits per heavy atom. The van der Waals surface area contributed by atoms with E-state index in [1.165, 1.54) is 5.56 Å². The van der Waals surface area contributed by atoms with E-state index in [-0.39, 0.29) is 11.2 Å². The molecule has 0 aromatic carbocycles. The number of aromatic amines is 1. The molecule has 0 bridgehead atoms. The molecule has 0 aliphatic heterocycles. The van der Waals surface area contributed by atoms with Crippen molar-refractivity contribution >= 4 is 5.78 Å². The summed E-state index contributed by atoms with van der Waals surface area (Å²) in [6.07, 6.45) is 0.591. The van der Waals surface area contributed by atoms with Gasteiger partial charge in [0.2, 0.25) is 0 Å². The number of carbonyl (C=O) groups is 1. The van der Waals surface area contributed by atoms with E-state index in [2.05, 4.69) is 32.7 Å². The zero-order chi connectivity index (χ0) is 11.8. The Bertz CT molecular complexity index is 380. The molecule has 0 spiro atoms. The first kappa shape index (κ1) is 12.0. The number of H-pyrrole nitrogens is 1. The fourth-order valence-electron chi connectivity index (χ4n) is 1.69. The van der Waals surface area contributed by atoms with Gasteiger partial charge >= 0.3 is 0 Å². The van der Waals surface area contributed by atoms with Gasteiger partial charge in [-0.1, -0.05) is 20.8 Å². The summed E-state index contributed by atoms with van der Waals surface area (Å²) in [5.41, 5.74) is 4.25. The van der Waals surface area contributed by atoms with Gasteiger partial charge < -0.3 is 4.98 Å². The van der Waals surface area contributed by atoms with Crippen LogP contribution in [0.3, 0.4) is 0 Å². The topological polar surface area (TPSA) is 32.9 Å². The molecule has 0 saturated carbocycles. The van der Waals surface area contributed by atoms with E-state index >= 15 is 0 Å². The van der Waals surface area contributed by atoms with Gasteiger partial charge in [-0.15, -0.1) is 0 Å². The molecule has 0 unspecified atom stereocenters. The normalized spacial score (nSPS) is 11.9. The Morgan fingerprint density at radius 1 is 1.13 bits per heavy atom. The maximum absolute atomic E-state index is 12.0. The third kappa shape index (κ3) is 2.71. The molecule has 1 N–H and O–H groups in total. The quantitative estimate of drug-likeness (QED) is 0.739. The van der Waals surface area contributed by atoms with Gasteiger partial charge in [0.15, 0.2) is 5.78 Å². The lowest BCUT2D eigenvalue weighted by atomic mass is 9.88. The van der Waals surface area contributed by atoms with Crippen molar-refractivity contribution in [3.63, 3.8) is 0 Å². The van der Waals surface area contributed by atoms with E-state index in [4.69, 9.17) is 0 Å². The van der Waals surface area contributed by atoms with Crippen molar-refractivity contribution in [2.45, 2.75) is 48.0 Å². The Morgan fingerprint density at radius 2 is 1.67 bits per heavy atom. The SMILES string of the molecule is Cc1[nH]c(C(=O)CC(C)(C)C)c(C)c1C. The zero-order valence-electron chi connectivity index (χ0n) is 10.6. The van der Waals surface area contributed by atoms with Crippen LogP contribution >= 0.6 is 0 Å². The molecule has 0 fully saturated rings. The second kappa shape index (κ2) is 3.84. The number of hydrogen-bond acceptors (Lipinski definition) is 1. The molecule has 2 heteroatoms. The number of Topliss-reactive ketones (excluding diaryl/α,β-unsaturated/α-hetero) is 1. The first-order valence-corrected chi connectivity index (χ1v) is 5.41. The average molecular weight is 207 g/mol. The van der Waals surface area contributed by atoms with Crippen molar-refractivity contribution in [2.24, 2.45) is 5.41 Å². The summed E-state index contributed by atoms with van der Waals surface area (Å²) in [5.74, 6) is 0.219. The minimum absolute atomic E-state index is 0.0520. The van der Waals surface area contributed by atoms with Crippen molar-refractivity contribution in [3.05, 3.63) is 22.5 Å². The van der Waals surface area contributed by atoms with Crippen molar-refractivity contribution in [2.75, 3.05) is 0 Å². The van der Waals surface area contributed by atoms with Crippen LogP contribution < -0.4 is 0 Å². The summed E-state index contributed by atoms with van der Waals surface area (Å²) in [6, 6.07) is 0. The first-order valence-electron chi connectivity index (χ1n) is 5.41. The molecule has 0 atom stereocenters. The zero-order valence-corrected chi connectivity index (χ0v) is 10.6. The number of carbonyl (C=O) groups excluding carboxylic acids is 1. The maximum Gasteiger partial charge on any atom is 0.179 e. The van der Waals surface area contributed by atoms with Gasteiger partial charge in [-0.3, -0.25) is 4.79 Å². The molecule has 1 heterocycles. The summed E-state index contributed by atoms with van der Waals surface area (Å²) in [7, 11) is 0. The van der Waals surface area contributed by atoms with E-state index in [0.717, 1.165) is 17.0 Å². The standard InChI is InChI=1S/C13H21NO/c1-8-9(2)12(14-10(8)3)11(15)7-13(4,5)6/h14H,7H2,1-6H3. The summed E-state index contributed by atoms with van der Waals surface area (Å²) >= 11 is 0. The minimum Gasteiger partial charge on any atom is -0.356 e. The molecule has 0 radical (unpaired) electrons. The molecule has 0 saturated heterocycles. The minimum atomic E-state index is 0.0520. The van der Waals surface area contributed by atoms with Gasteiger partial charge in [-0.05, 0) is 37.3 Å². The first-order chi connectivity index (χ1) is 6.72. The Balaban J connectivity index is 2.98. The molecule has 0 amide bonds. The lowest BCUT2D eigenvalue weighted by Gasteiger charge is -2.16. The molecular weight excluding hydrogens is 186 g/mol. The molecule has 84 valence electrons. The van der Waals surface area contributed by atoms with Crippen LogP contribution in [0.2, 0.25) is 0 Å². The van der Waals surface area contributed by atoms with Crippen molar-refractivity contribution < 1.29 is 4.79 Å². The highest BCUT2D eigenvalue weighted by atomic mass is 16.1. The largest absolute Gasteiger partial charge is 0.356 e.